The third kappa shape index (κ3) is 3.45. The number of nitrogens with zero attached hydrogens (tertiary/aromatic N) is 2. The Morgan fingerprint density at radius 1 is 1.39 bits per heavy atom. The minimum absolute atomic E-state index is 0.300. The molecule has 0 radical (unpaired) electrons. The van der Waals surface area contributed by atoms with Crippen LogP contribution in [0, 0.1) is 6.92 Å². The number of thioether (sulfide) groups is 1. The summed E-state index contributed by atoms with van der Waals surface area (Å²) >= 11 is 2.10. The van der Waals surface area contributed by atoms with Crippen LogP contribution >= 0.6 is 11.8 Å². The van der Waals surface area contributed by atoms with E-state index in [0.29, 0.717) is 12.1 Å². The largest absolute Gasteiger partial charge is 0.306 e. The van der Waals surface area contributed by atoms with Crippen LogP contribution in [0.15, 0.2) is 12.4 Å². The molecule has 2 rings (SSSR count). The predicted octanol–water partition coefficient (Wildman–Crippen LogP) is 3.11. The molecular formula is C14H23N3S. The van der Waals surface area contributed by atoms with Crippen molar-refractivity contribution in [1.29, 1.82) is 0 Å². The summed E-state index contributed by atoms with van der Waals surface area (Å²) in [6.45, 7) is 6.47. The zero-order chi connectivity index (χ0) is 13.0. The van der Waals surface area contributed by atoms with Crippen LogP contribution in [0.2, 0.25) is 0 Å². The van der Waals surface area contributed by atoms with Gasteiger partial charge in [0.2, 0.25) is 0 Å². The molecule has 1 aromatic rings. The molecule has 0 aromatic carbocycles. The molecule has 1 saturated carbocycles. The van der Waals surface area contributed by atoms with Gasteiger partial charge in [-0.05, 0) is 38.9 Å². The normalized spacial score (nSPS) is 25.3. The number of nitrogens with one attached hydrogen (secondary N) is 1. The van der Waals surface area contributed by atoms with Crippen LogP contribution in [0.1, 0.15) is 50.5 Å². The molecule has 0 spiro atoms. The lowest BCUT2D eigenvalue weighted by atomic mass is 10.1. The van der Waals surface area contributed by atoms with Crippen molar-refractivity contribution in [2.24, 2.45) is 0 Å². The SMILES string of the molecule is CCS[C@@H]1CC[C@H](N[C@@H](C)c2nccnc2C)C1. The van der Waals surface area contributed by atoms with E-state index in [1.165, 1.54) is 25.0 Å². The lowest BCUT2D eigenvalue weighted by molar-refractivity contribution is 0.453. The predicted molar refractivity (Wildman–Crippen MR) is 77.9 cm³/mol. The highest BCUT2D eigenvalue weighted by atomic mass is 32.2. The molecule has 4 heteroatoms. The lowest BCUT2D eigenvalue weighted by Crippen LogP contribution is -2.30. The topological polar surface area (TPSA) is 37.8 Å². The molecular weight excluding hydrogens is 242 g/mol. The number of aromatic nitrogens is 2. The Kier molecular flexibility index (Phi) is 5.01. The van der Waals surface area contributed by atoms with E-state index in [-0.39, 0.29) is 0 Å². The summed E-state index contributed by atoms with van der Waals surface area (Å²) in [6, 6.07) is 0.944. The Hall–Kier alpha value is -0.610. The Morgan fingerprint density at radius 3 is 2.89 bits per heavy atom. The van der Waals surface area contributed by atoms with Gasteiger partial charge in [-0.15, -0.1) is 0 Å². The van der Waals surface area contributed by atoms with Crippen LogP contribution in [0.5, 0.6) is 0 Å². The Morgan fingerprint density at radius 2 is 2.17 bits per heavy atom. The molecule has 1 aliphatic rings. The maximum absolute atomic E-state index is 4.45. The van der Waals surface area contributed by atoms with Crippen molar-refractivity contribution in [2.75, 3.05) is 5.75 Å². The van der Waals surface area contributed by atoms with Gasteiger partial charge < -0.3 is 5.32 Å². The van der Waals surface area contributed by atoms with Gasteiger partial charge in [-0.2, -0.15) is 11.8 Å². The molecule has 3 atom stereocenters. The molecule has 1 N–H and O–H groups in total. The quantitative estimate of drug-likeness (QED) is 0.887. The van der Waals surface area contributed by atoms with Crippen molar-refractivity contribution in [3.63, 3.8) is 0 Å². The molecule has 1 aliphatic carbocycles. The van der Waals surface area contributed by atoms with Gasteiger partial charge in [-0.3, -0.25) is 9.97 Å². The molecule has 3 nitrogen and oxygen atoms in total. The lowest BCUT2D eigenvalue weighted by Gasteiger charge is -2.20. The van der Waals surface area contributed by atoms with Gasteiger partial charge in [0.05, 0.1) is 11.4 Å². The summed E-state index contributed by atoms with van der Waals surface area (Å²) in [6.07, 6.45) is 7.48. The Bertz CT molecular complexity index is 383. The average molecular weight is 265 g/mol. The van der Waals surface area contributed by atoms with Crippen LogP contribution in [0.4, 0.5) is 0 Å². The van der Waals surface area contributed by atoms with Crippen molar-refractivity contribution < 1.29 is 0 Å². The molecule has 0 unspecified atom stereocenters. The fraction of sp³-hybridized carbons (Fsp3) is 0.714. The van der Waals surface area contributed by atoms with Gasteiger partial charge in [0.1, 0.15) is 0 Å². The first kappa shape index (κ1) is 13.8. The number of hydrogen-bond acceptors (Lipinski definition) is 4. The van der Waals surface area contributed by atoms with Crippen LogP contribution < -0.4 is 5.32 Å². The van der Waals surface area contributed by atoms with Crippen molar-refractivity contribution in [3.8, 4) is 0 Å². The highest BCUT2D eigenvalue weighted by Crippen LogP contribution is 2.30. The first-order valence-corrected chi connectivity index (χ1v) is 7.90. The first-order valence-electron chi connectivity index (χ1n) is 6.85. The van der Waals surface area contributed by atoms with Gasteiger partial charge in [0.25, 0.3) is 0 Å². The summed E-state index contributed by atoms with van der Waals surface area (Å²) in [5, 5.41) is 4.56. The van der Waals surface area contributed by atoms with Crippen molar-refractivity contribution in [2.45, 2.75) is 57.4 Å². The smallest absolute Gasteiger partial charge is 0.0782 e. The summed E-state index contributed by atoms with van der Waals surface area (Å²) < 4.78 is 0. The second-order valence-electron chi connectivity index (χ2n) is 5.00. The van der Waals surface area contributed by atoms with E-state index in [9.17, 15) is 0 Å². The second kappa shape index (κ2) is 6.53. The fourth-order valence-corrected chi connectivity index (χ4v) is 3.90. The van der Waals surface area contributed by atoms with E-state index in [1.807, 2.05) is 6.92 Å². The summed E-state index contributed by atoms with van der Waals surface area (Å²) in [7, 11) is 0. The van der Waals surface area contributed by atoms with E-state index >= 15 is 0 Å². The fourth-order valence-electron chi connectivity index (χ4n) is 2.75. The van der Waals surface area contributed by atoms with E-state index in [4.69, 9.17) is 0 Å². The summed E-state index contributed by atoms with van der Waals surface area (Å²) in [4.78, 5) is 8.76. The van der Waals surface area contributed by atoms with Gasteiger partial charge in [0.15, 0.2) is 0 Å². The van der Waals surface area contributed by atoms with Gasteiger partial charge >= 0.3 is 0 Å². The number of rotatable bonds is 5. The minimum Gasteiger partial charge on any atom is -0.306 e. The van der Waals surface area contributed by atoms with Gasteiger partial charge in [0, 0.05) is 29.7 Å². The molecule has 0 bridgehead atoms. The van der Waals surface area contributed by atoms with E-state index in [2.05, 4.69) is 40.9 Å². The van der Waals surface area contributed by atoms with Crippen LogP contribution in [0.25, 0.3) is 0 Å². The molecule has 0 amide bonds. The van der Waals surface area contributed by atoms with E-state index < -0.39 is 0 Å². The average Bonchev–Trinajstić information content (AvgIpc) is 2.77. The third-order valence-electron chi connectivity index (χ3n) is 3.60. The Labute approximate surface area is 114 Å². The molecule has 1 aromatic heterocycles. The molecule has 1 heterocycles. The van der Waals surface area contributed by atoms with Crippen molar-refractivity contribution >= 4 is 11.8 Å². The maximum Gasteiger partial charge on any atom is 0.0782 e. The van der Waals surface area contributed by atoms with Crippen molar-refractivity contribution in [3.05, 3.63) is 23.8 Å². The highest BCUT2D eigenvalue weighted by Gasteiger charge is 2.26. The summed E-state index contributed by atoms with van der Waals surface area (Å²) in [5.74, 6) is 1.23. The highest BCUT2D eigenvalue weighted by molar-refractivity contribution is 7.99. The zero-order valence-corrected chi connectivity index (χ0v) is 12.3. The summed E-state index contributed by atoms with van der Waals surface area (Å²) in [5.41, 5.74) is 2.12. The van der Waals surface area contributed by atoms with Crippen molar-refractivity contribution in [1.82, 2.24) is 15.3 Å². The second-order valence-corrected chi connectivity index (χ2v) is 6.58. The molecule has 0 saturated heterocycles. The standard InChI is InChI=1S/C14H23N3S/c1-4-18-13-6-5-12(9-13)17-11(3)14-10(2)15-7-8-16-14/h7-8,11-13,17H,4-6,9H2,1-3H3/t11-,12-,13+/m0/s1. The van der Waals surface area contributed by atoms with Crippen LogP contribution in [0.3, 0.4) is 0 Å². The zero-order valence-electron chi connectivity index (χ0n) is 11.5. The number of aryl methyl sites for hydroxylation is 1. The van der Waals surface area contributed by atoms with Crippen LogP contribution in [-0.2, 0) is 0 Å². The molecule has 0 aliphatic heterocycles. The van der Waals surface area contributed by atoms with Gasteiger partial charge in [-0.1, -0.05) is 6.92 Å². The van der Waals surface area contributed by atoms with E-state index in [0.717, 1.165) is 16.6 Å². The molecule has 18 heavy (non-hydrogen) atoms. The van der Waals surface area contributed by atoms with Gasteiger partial charge in [-0.25, -0.2) is 0 Å². The van der Waals surface area contributed by atoms with Crippen LogP contribution in [-0.4, -0.2) is 27.0 Å². The minimum atomic E-state index is 0.300. The Balaban J connectivity index is 1.89. The first-order chi connectivity index (χ1) is 8.70. The molecule has 1 fully saturated rings. The third-order valence-corrected chi connectivity index (χ3v) is 4.83. The molecule has 100 valence electrons. The monoisotopic (exact) mass is 265 g/mol. The van der Waals surface area contributed by atoms with E-state index in [1.54, 1.807) is 12.4 Å². The maximum atomic E-state index is 4.45. The number of hydrogen-bond donors (Lipinski definition) is 1.